The number of Topliss-reactive ketones (excluding diaryl/α,β-unsaturated/α-hetero) is 1. The van der Waals surface area contributed by atoms with E-state index in [2.05, 4.69) is 19.3 Å². The molecule has 0 rings (SSSR count). The summed E-state index contributed by atoms with van der Waals surface area (Å²) < 4.78 is 0. The van der Waals surface area contributed by atoms with E-state index in [1.165, 1.54) is 0 Å². The smallest absolute Gasteiger partial charge is 0.147 e. The van der Waals surface area contributed by atoms with Gasteiger partial charge in [0.05, 0.1) is 6.04 Å². The molecule has 0 saturated carbocycles. The quantitative estimate of drug-likeness (QED) is 0.591. The first-order chi connectivity index (χ1) is 4.72. The van der Waals surface area contributed by atoms with Gasteiger partial charge in [0.1, 0.15) is 5.78 Å². The van der Waals surface area contributed by atoms with Gasteiger partial charge >= 0.3 is 0 Å². The van der Waals surface area contributed by atoms with Gasteiger partial charge in [-0.2, -0.15) is 0 Å². The first kappa shape index (κ1) is 10.4. The number of hydrogen-bond donors (Lipinski definition) is 2. The van der Waals surface area contributed by atoms with E-state index in [0.717, 1.165) is 0 Å². The standard InChI is InChI=1S/C5H14N2OP2/c1-4(8)5(6-2)3-7-10-9/h5-7,10H,3,9H2,1-2H3/t5-/m0/s1. The molecule has 0 aromatic rings. The minimum absolute atomic E-state index is 0.0342. The maximum atomic E-state index is 10.8. The third kappa shape index (κ3) is 4.29. The fourth-order valence-electron chi connectivity index (χ4n) is 0.610. The SMILES string of the molecule is CN[C@@H](CNPP)C(C)=O. The van der Waals surface area contributed by atoms with Crippen molar-refractivity contribution in [2.45, 2.75) is 13.0 Å². The minimum Gasteiger partial charge on any atom is -0.309 e. The van der Waals surface area contributed by atoms with E-state index in [1.54, 1.807) is 14.0 Å². The maximum Gasteiger partial charge on any atom is 0.147 e. The molecule has 0 radical (unpaired) electrons. The molecule has 0 aromatic carbocycles. The van der Waals surface area contributed by atoms with Crippen molar-refractivity contribution in [2.24, 2.45) is 0 Å². The Bertz CT molecular complexity index is 110. The molecule has 0 aliphatic rings. The molecule has 5 heteroatoms. The van der Waals surface area contributed by atoms with Gasteiger partial charge in [-0.1, -0.05) is 8.93 Å². The van der Waals surface area contributed by atoms with E-state index in [0.29, 0.717) is 15.0 Å². The average Bonchev–Trinajstić information content (AvgIpc) is 1.89. The molecule has 3 atom stereocenters. The maximum absolute atomic E-state index is 10.8. The van der Waals surface area contributed by atoms with Gasteiger partial charge in [-0.3, -0.25) is 9.88 Å². The summed E-state index contributed by atoms with van der Waals surface area (Å²) >= 11 is 0. The van der Waals surface area contributed by atoms with Gasteiger partial charge in [-0.25, -0.2) is 0 Å². The predicted octanol–water partition coefficient (Wildman–Crippen LogP) is 0.137. The van der Waals surface area contributed by atoms with Gasteiger partial charge in [-0.05, 0) is 22.4 Å². The monoisotopic (exact) mass is 180 g/mol. The van der Waals surface area contributed by atoms with Crippen molar-refractivity contribution >= 4 is 23.1 Å². The lowest BCUT2D eigenvalue weighted by Crippen LogP contribution is -2.39. The van der Waals surface area contributed by atoms with Crippen LogP contribution in [0.3, 0.4) is 0 Å². The molecule has 10 heavy (non-hydrogen) atoms. The number of nitrogens with one attached hydrogen (secondary N) is 2. The van der Waals surface area contributed by atoms with Crippen molar-refractivity contribution in [1.29, 1.82) is 0 Å². The molecule has 0 heterocycles. The Labute approximate surface area is 65.7 Å². The zero-order valence-corrected chi connectivity index (χ0v) is 8.42. The van der Waals surface area contributed by atoms with E-state index in [1.807, 2.05) is 0 Å². The second-order valence-corrected chi connectivity index (χ2v) is 3.49. The van der Waals surface area contributed by atoms with E-state index in [4.69, 9.17) is 0 Å². The summed E-state index contributed by atoms with van der Waals surface area (Å²) in [6.07, 6.45) is 0. The first-order valence-corrected chi connectivity index (χ1v) is 5.89. The zero-order valence-electron chi connectivity index (χ0n) is 6.27. The van der Waals surface area contributed by atoms with Gasteiger partial charge < -0.3 is 5.32 Å². The molecule has 0 aliphatic carbocycles. The number of hydrogen-bond acceptors (Lipinski definition) is 3. The van der Waals surface area contributed by atoms with Crippen LogP contribution in [0.5, 0.6) is 0 Å². The van der Waals surface area contributed by atoms with Crippen molar-refractivity contribution in [1.82, 2.24) is 10.4 Å². The van der Waals surface area contributed by atoms with Gasteiger partial charge in [0, 0.05) is 6.54 Å². The summed E-state index contributed by atoms with van der Waals surface area (Å²) in [5, 5.41) is 6.01. The number of likely N-dealkylation sites (N-methyl/N-ethyl adjacent to an activating group) is 1. The molecule has 0 bridgehead atoms. The van der Waals surface area contributed by atoms with E-state index < -0.39 is 0 Å². The van der Waals surface area contributed by atoms with Gasteiger partial charge in [0.2, 0.25) is 0 Å². The van der Waals surface area contributed by atoms with Crippen LogP contribution >= 0.6 is 17.3 Å². The largest absolute Gasteiger partial charge is 0.309 e. The molecule has 0 fully saturated rings. The highest BCUT2D eigenvalue weighted by Crippen LogP contribution is 2.12. The normalized spacial score (nSPS) is 14.3. The fourth-order valence-corrected chi connectivity index (χ4v) is 1.29. The van der Waals surface area contributed by atoms with Crippen molar-refractivity contribution < 1.29 is 4.79 Å². The van der Waals surface area contributed by atoms with Crippen molar-refractivity contribution in [3.63, 3.8) is 0 Å². The number of carbonyl (C=O) groups is 1. The van der Waals surface area contributed by atoms with Gasteiger partial charge in [-0.15, -0.1) is 0 Å². The number of rotatable bonds is 5. The lowest BCUT2D eigenvalue weighted by Gasteiger charge is -2.11. The summed E-state index contributed by atoms with van der Waals surface area (Å²) in [4.78, 5) is 10.8. The predicted molar refractivity (Wildman–Crippen MR) is 49.6 cm³/mol. The summed E-state index contributed by atoms with van der Waals surface area (Å²) in [6.45, 7) is 2.31. The molecule has 3 nitrogen and oxygen atoms in total. The highest BCUT2D eigenvalue weighted by atomic mass is 32.0. The van der Waals surface area contributed by atoms with Crippen molar-refractivity contribution in [3.05, 3.63) is 0 Å². The molecule has 60 valence electrons. The number of ketones is 1. The van der Waals surface area contributed by atoms with Crippen LogP contribution in [0.15, 0.2) is 0 Å². The molecular formula is C5H14N2OP2. The molecule has 0 aromatic heterocycles. The second kappa shape index (κ2) is 6.18. The third-order valence-electron chi connectivity index (χ3n) is 1.25. The summed E-state index contributed by atoms with van der Waals surface area (Å²) in [6, 6.07) is -0.0342. The molecule has 0 amide bonds. The first-order valence-electron chi connectivity index (χ1n) is 3.08. The van der Waals surface area contributed by atoms with Crippen LogP contribution in [0.4, 0.5) is 0 Å². The Hall–Kier alpha value is 0.450. The third-order valence-corrected chi connectivity index (χ3v) is 2.27. The zero-order chi connectivity index (χ0) is 7.98. The molecular weight excluding hydrogens is 166 g/mol. The number of carbonyl (C=O) groups excluding carboxylic acids is 1. The topological polar surface area (TPSA) is 41.1 Å². The van der Waals surface area contributed by atoms with Crippen molar-refractivity contribution in [2.75, 3.05) is 13.6 Å². The van der Waals surface area contributed by atoms with Crippen LogP contribution in [-0.2, 0) is 4.79 Å². The Morgan fingerprint density at radius 3 is 2.70 bits per heavy atom. The fraction of sp³-hybridized carbons (Fsp3) is 0.800. The lowest BCUT2D eigenvalue weighted by atomic mass is 10.2. The summed E-state index contributed by atoms with van der Waals surface area (Å²) in [5.74, 6) is 0.179. The van der Waals surface area contributed by atoms with Crippen LogP contribution in [-0.4, -0.2) is 25.4 Å². The summed E-state index contributed by atoms with van der Waals surface area (Å²) in [7, 11) is 4.99. The Kier molecular flexibility index (Phi) is 6.46. The van der Waals surface area contributed by atoms with Gasteiger partial charge in [0.15, 0.2) is 0 Å². The highest BCUT2D eigenvalue weighted by molar-refractivity contribution is 8.01. The molecule has 2 unspecified atom stereocenters. The second-order valence-electron chi connectivity index (χ2n) is 1.98. The molecule has 0 saturated heterocycles. The van der Waals surface area contributed by atoms with Gasteiger partial charge in [0.25, 0.3) is 0 Å². The minimum atomic E-state index is -0.0342. The molecule has 0 aliphatic heterocycles. The van der Waals surface area contributed by atoms with Crippen LogP contribution in [0.25, 0.3) is 0 Å². The van der Waals surface area contributed by atoms with E-state index in [9.17, 15) is 4.79 Å². The van der Waals surface area contributed by atoms with Crippen LogP contribution in [0.1, 0.15) is 6.92 Å². The van der Waals surface area contributed by atoms with E-state index >= 15 is 0 Å². The van der Waals surface area contributed by atoms with Crippen LogP contribution in [0.2, 0.25) is 0 Å². The van der Waals surface area contributed by atoms with E-state index in [-0.39, 0.29) is 11.8 Å². The molecule has 0 spiro atoms. The highest BCUT2D eigenvalue weighted by Gasteiger charge is 2.08. The Morgan fingerprint density at radius 2 is 2.40 bits per heavy atom. The molecule has 2 N–H and O–H groups in total. The summed E-state index contributed by atoms with van der Waals surface area (Å²) in [5.41, 5.74) is 0. The van der Waals surface area contributed by atoms with Crippen LogP contribution in [0, 0.1) is 0 Å². The Balaban J connectivity index is 3.50. The van der Waals surface area contributed by atoms with Crippen LogP contribution < -0.4 is 10.4 Å². The van der Waals surface area contributed by atoms with Crippen molar-refractivity contribution in [3.8, 4) is 0 Å². The Morgan fingerprint density at radius 1 is 1.80 bits per heavy atom. The average molecular weight is 180 g/mol. The lowest BCUT2D eigenvalue weighted by molar-refractivity contribution is -0.118.